The van der Waals surface area contributed by atoms with Crippen LogP contribution < -0.4 is 0 Å². The lowest BCUT2D eigenvalue weighted by atomic mass is 10.2. The van der Waals surface area contributed by atoms with Crippen LogP contribution in [-0.4, -0.2) is 55.1 Å². The van der Waals surface area contributed by atoms with Crippen molar-refractivity contribution in [1.82, 2.24) is 9.80 Å². The lowest BCUT2D eigenvalue weighted by Gasteiger charge is -2.21. The van der Waals surface area contributed by atoms with Gasteiger partial charge in [0, 0.05) is 31.7 Å². The highest BCUT2D eigenvalue weighted by atomic mass is 19.2. The second kappa shape index (κ2) is 6.51. The minimum atomic E-state index is -1.05. The molecule has 21 heavy (non-hydrogen) atoms. The number of carbonyl (C=O) groups excluding carboxylic acids is 2. The summed E-state index contributed by atoms with van der Waals surface area (Å²) in [7, 11) is 1.30. The Morgan fingerprint density at radius 3 is 2.38 bits per heavy atom. The number of amides is 2. The van der Waals surface area contributed by atoms with Crippen LogP contribution in [0, 0.1) is 11.6 Å². The third-order valence-electron chi connectivity index (χ3n) is 3.38. The zero-order valence-electron chi connectivity index (χ0n) is 11.6. The number of hydrogen-bond acceptors (Lipinski definition) is 3. The molecule has 2 rings (SSSR count). The molecule has 0 atom stereocenters. The first-order chi connectivity index (χ1) is 10.0. The van der Waals surface area contributed by atoms with Crippen molar-refractivity contribution in [2.45, 2.75) is 6.42 Å². The van der Waals surface area contributed by atoms with E-state index in [-0.39, 0.29) is 11.5 Å². The first-order valence-electron chi connectivity index (χ1n) is 6.60. The number of hydrogen-bond donors (Lipinski definition) is 0. The first-order valence-corrected chi connectivity index (χ1v) is 6.60. The molecule has 1 aliphatic heterocycles. The van der Waals surface area contributed by atoms with E-state index in [1.165, 1.54) is 23.0 Å². The van der Waals surface area contributed by atoms with E-state index in [1.807, 2.05) is 0 Å². The molecule has 2 amide bonds. The van der Waals surface area contributed by atoms with E-state index in [4.69, 9.17) is 0 Å². The van der Waals surface area contributed by atoms with Gasteiger partial charge in [0.25, 0.3) is 5.91 Å². The number of benzene rings is 1. The van der Waals surface area contributed by atoms with Crippen LogP contribution in [0.1, 0.15) is 16.8 Å². The van der Waals surface area contributed by atoms with Gasteiger partial charge in [-0.15, -0.1) is 0 Å². The molecule has 0 radical (unpaired) electrons. The SMILES string of the molecule is COC(=O)N1CCCN(C(=O)c2ccc(F)c(F)c2)CC1. The Morgan fingerprint density at radius 1 is 1.05 bits per heavy atom. The van der Waals surface area contributed by atoms with Gasteiger partial charge in [-0.25, -0.2) is 13.6 Å². The summed E-state index contributed by atoms with van der Waals surface area (Å²) in [6.45, 7) is 1.62. The summed E-state index contributed by atoms with van der Waals surface area (Å²) in [6, 6.07) is 3.07. The molecule has 0 N–H and O–H groups in total. The van der Waals surface area contributed by atoms with Gasteiger partial charge in [0.1, 0.15) is 0 Å². The van der Waals surface area contributed by atoms with Gasteiger partial charge in [-0.1, -0.05) is 0 Å². The van der Waals surface area contributed by atoms with E-state index in [1.54, 1.807) is 0 Å². The molecular formula is C14H16F2N2O3. The standard InChI is InChI=1S/C14H16F2N2O3/c1-21-14(20)18-6-2-5-17(7-8-18)13(19)10-3-4-11(15)12(16)9-10/h3-4,9H,2,5-8H2,1H3. The molecule has 0 bridgehead atoms. The minimum Gasteiger partial charge on any atom is -0.453 e. The molecule has 0 aromatic heterocycles. The molecule has 5 nitrogen and oxygen atoms in total. The van der Waals surface area contributed by atoms with Crippen molar-refractivity contribution in [3.63, 3.8) is 0 Å². The Balaban J connectivity index is 2.06. The second-order valence-electron chi connectivity index (χ2n) is 4.73. The van der Waals surface area contributed by atoms with E-state index >= 15 is 0 Å². The molecule has 1 fully saturated rings. The average Bonchev–Trinajstić information content (AvgIpc) is 2.74. The molecule has 114 valence electrons. The fourth-order valence-electron chi connectivity index (χ4n) is 2.24. The fourth-order valence-corrected chi connectivity index (χ4v) is 2.24. The Kier molecular flexibility index (Phi) is 4.72. The largest absolute Gasteiger partial charge is 0.453 e. The molecule has 1 aliphatic rings. The van der Waals surface area contributed by atoms with Gasteiger partial charge < -0.3 is 14.5 Å². The van der Waals surface area contributed by atoms with Gasteiger partial charge in [-0.3, -0.25) is 4.79 Å². The van der Waals surface area contributed by atoms with Crippen LogP contribution in [0.2, 0.25) is 0 Å². The van der Waals surface area contributed by atoms with Crippen molar-refractivity contribution < 1.29 is 23.1 Å². The zero-order chi connectivity index (χ0) is 15.4. The normalized spacial score (nSPS) is 15.6. The number of methoxy groups -OCH3 is 1. The maximum Gasteiger partial charge on any atom is 0.409 e. The van der Waals surface area contributed by atoms with E-state index in [2.05, 4.69) is 4.74 Å². The maximum atomic E-state index is 13.2. The summed E-state index contributed by atoms with van der Waals surface area (Å²) in [5, 5.41) is 0. The van der Waals surface area contributed by atoms with E-state index in [9.17, 15) is 18.4 Å². The van der Waals surface area contributed by atoms with Gasteiger partial charge in [-0.05, 0) is 24.6 Å². The summed E-state index contributed by atoms with van der Waals surface area (Å²) >= 11 is 0. The van der Waals surface area contributed by atoms with E-state index in [0.29, 0.717) is 32.6 Å². The fraction of sp³-hybridized carbons (Fsp3) is 0.429. The number of nitrogens with zero attached hydrogens (tertiary/aromatic N) is 2. The van der Waals surface area contributed by atoms with Crippen LogP contribution in [0.3, 0.4) is 0 Å². The lowest BCUT2D eigenvalue weighted by Crippen LogP contribution is -2.37. The van der Waals surface area contributed by atoms with Gasteiger partial charge in [0.05, 0.1) is 7.11 Å². The Labute approximate surface area is 121 Å². The Hall–Kier alpha value is -2.18. The molecule has 1 saturated heterocycles. The minimum absolute atomic E-state index is 0.0976. The van der Waals surface area contributed by atoms with Crippen LogP contribution in [0.15, 0.2) is 18.2 Å². The first kappa shape index (κ1) is 15.2. The van der Waals surface area contributed by atoms with Crippen molar-refractivity contribution in [3.8, 4) is 0 Å². The van der Waals surface area contributed by atoms with Gasteiger partial charge >= 0.3 is 6.09 Å². The van der Waals surface area contributed by atoms with Crippen LogP contribution in [-0.2, 0) is 4.74 Å². The Morgan fingerprint density at radius 2 is 1.71 bits per heavy atom. The molecule has 0 saturated carbocycles. The average molecular weight is 298 g/mol. The Bertz CT molecular complexity index is 551. The predicted molar refractivity (Wildman–Crippen MR) is 70.9 cm³/mol. The smallest absolute Gasteiger partial charge is 0.409 e. The molecule has 1 heterocycles. The molecule has 0 unspecified atom stereocenters. The highest BCUT2D eigenvalue weighted by molar-refractivity contribution is 5.94. The van der Waals surface area contributed by atoms with Gasteiger partial charge in [-0.2, -0.15) is 0 Å². The van der Waals surface area contributed by atoms with E-state index in [0.717, 1.165) is 12.1 Å². The monoisotopic (exact) mass is 298 g/mol. The van der Waals surface area contributed by atoms with Gasteiger partial charge in [0.15, 0.2) is 11.6 Å². The molecule has 0 aliphatic carbocycles. The summed E-state index contributed by atoms with van der Waals surface area (Å²) in [5.41, 5.74) is 0.0976. The van der Waals surface area contributed by atoms with Crippen molar-refractivity contribution in [2.75, 3.05) is 33.3 Å². The molecule has 0 spiro atoms. The molecule has 1 aromatic rings. The summed E-state index contributed by atoms with van der Waals surface area (Å²) in [6.07, 6.45) is 0.168. The summed E-state index contributed by atoms with van der Waals surface area (Å²) < 4.78 is 30.7. The lowest BCUT2D eigenvalue weighted by molar-refractivity contribution is 0.0756. The topological polar surface area (TPSA) is 49.9 Å². The van der Waals surface area contributed by atoms with Crippen LogP contribution in [0.4, 0.5) is 13.6 Å². The number of ether oxygens (including phenoxy) is 1. The quantitative estimate of drug-likeness (QED) is 0.795. The third-order valence-corrected chi connectivity index (χ3v) is 3.38. The molecule has 1 aromatic carbocycles. The molecular weight excluding hydrogens is 282 g/mol. The van der Waals surface area contributed by atoms with Crippen molar-refractivity contribution >= 4 is 12.0 Å². The van der Waals surface area contributed by atoms with E-state index < -0.39 is 17.7 Å². The van der Waals surface area contributed by atoms with Crippen molar-refractivity contribution in [1.29, 1.82) is 0 Å². The van der Waals surface area contributed by atoms with Crippen LogP contribution in [0.5, 0.6) is 0 Å². The maximum absolute atomic E-state index is 13.2. The highest BCUT2D eigenvalue weighted by Crippen LogP contribution is 2.13. The van der Waals surface area contributed by atoms with Crippen molar-refractivity contribution in [3.05, 3.63) is 35.4 Å². The summed E-state index contributed by atoms with van der Waals surface area (Å²) in [4.78, 5) is 26.8. The number of carbonyl (C=O) groups is 2. The third kappa shape index (κ3) is 3.48. The van der Waals surface area contributed by atoms with Crippen molar-refractivity contribution in [2.24, 2.45) is 0 Å². The number of rotatable bonds is 1. The summed E-state index contributed by atoms with van der Waals surface area (Å²) in [5.74, 6) is -2.41. The zero-order valence-corrected chi connectivity index (χ0v) is 11.6. The number of halogens is 2. The second-order valence-corrected chi connectivity index (χ2v) is 4.73. The molecule has 7 heteroatoms. The predicted octanol–water partition coefficient (Wildman–Crippen LogP) is 1.88. The van der Waals surface area contributed by atoms with Crippen LogP contribution in [0.25, 0.3) is 0 Å². The van der Waals surface area contributed by atoms with Gasteiger partial charge in [0.2, 0.25) is 0 Å². The van der Waals surface area contributed by atoms with Crippen LogP contribution >= 0.6 is 0 Å². The highest BCUT2D eigenvalue weighted by Gasteiger charge is 2.23.